The van der Waals surface area contributed by atoms with Crippen LogP contribution in [-0.2, 0) is 6.42 Å². The zero-order valence-electron chi connectivity index (χ0n) is 9.22. The largest absolute Gasteiger partial charge is 0.399 e. The minimum atomic E-state index is 0.870. The topological polar surface area (TPSA) is 26.0 Å². The van der Waals surface area contributed by atoms with Crippen molar-refractivity contribution in [2.24, 2.45) is 0 Å². The molecule has 0 radical (unpaired) electrons. The summed E-state index contributed by atoms with van der Waals surface area (Å²) in [4.78, 5) is 0. The van der Waals surface area contributed by atoms with E-state index in [9.17, 15) is 0 Å². The Morgan fingerprint density at radius 1 is 1.47 bits per heavy atom. The quantitative estimate of drug-likeness (QED) is 0.572. The van der Waals surface area contributed by atoms with Crippen molar-refractivity contribution in [2.75, 3.05) is 5.73 Å². The van der Waals surface area contributed by atoms with Gasteiger partial charge in [0.15, 0.2) is 0 Å². The Hall–Kier alpha value is -1.50. The number of aryl methyl sites for hydroxylation is 1. The van der Waals surface area contributed by atoms with Crippen molar-refractivity contribution in [1.29, 1.82) is 0 Å². The van der Waals surface area contributed by atoms with E-state index in [0.717, 1.165) is 24.9 Å². The molecule has 2 N–H and O–H groups in total. The van der Waals surface area contributed by atoms with Crippen molar-refractivity contribution in [3.8, 4) is 0 Å². The summed E-state index contributed by atoms with van der Waals surface area (Å²) in [5.74, 6) is 0. The average Bonchev–Trinajstić information content (AvgIpc) is 2.57. The molecule has 0 saturated heterocycles. The minimum Gasteiger partial charge on any atom is -0.399 e. The zero-order valence-corrected chi connectivity index (χ0v) is 9.22. The maximum atomic E-state index is 5.76. The van der Waals surface area contributed by atoms with Gasteiger partial charge in [-0.25, -0.2) is 0 Å². The minimum absolute atomic E-state index is 0.870. The van der Waals surface area contributed by atoms with Crippen molar-refractivity contribution in [2.45, 2.75) is 26.2 Å². The standard InChI is InChI=1S/C14H17N/c1-10(2)3-4-11-5-6-12-9-13(15)7-8-14(11)12/h4,7-9H,1,3,5-6,15H2,2H3/b11-4-. The van der Waals surface area contributed by atoms with Crippen LogP contribution in [0.15, 0.2) is 36.4 Å². The van der Waals surface area contributed by atoms with E-state index in [1.165, 1.54) is 22.3 Å². The van der Waals surface area contributed by atoms with Gasteiger partial charge >= 0.3 is 0 Å². The number of hydrogen-bond donors (Lipinski definition) is 1. The predicted molar refractivity (Wildman–Crippen MR) is 66.6 cm³/mol. The van der Waals surface area contributed by atoms with Crippen LogP contribution in [0.25, 0.3) is 5.57 Å². The molecule has 1 aliphatic rings. The van der Waals surface area contributed by atoms with Crippen LogP contribution in [0.5, 0.6) is 0 Å². The fourth-order valence-corrected chi connectivity index (χ4v) is 2.05. The Morgan fingerprint density at radius 2 is 2.27 bits per heavy atom. The Balaban J connectivity index is 2.28. The van der Waals surface area contributed by atoms with Crippen molar-refractivity contribution >= 4 is 11.3 Å². The molecule has 1 aromatic rings. The molecule has 0 saturated carbocycles. The van der Waals surface area contributed by atoms with Gasteiger partial charge in [0, 0.05) is 5.69 Å². The fourth-order valence-electron chi connectivity index (χ4n) is 2.05. The van der Waals surface area contributed by atoms with Crippen LogP contribution in [0.2, 0.25) is 0 Å². The van der Waals surface area contributed by atoms with Crippen LogP contribution >= 0.6 is 0 Å². The SMILES string of the molecule is C=C(C)C/C=C1/CCc2cc(N)ccc21. The third-order valence-electron chi connectivity index (χ3n) is 2.84. The molecule has 0 bridgehead atoms. The van der Waals surface area contributed by atoms with E-state index in [1.807, 2.05) is 6.07 Å². The second-order valence-electron chi connectivity index (χ2n) is 4.31. The van der Waals surface area contributed by atoms with Crippen molar-refractivity contribution < 1.29 is 0 Å². The highest BCUT2D eigenvalue weighted by Crippen LogP contribution is 2.33. The highest BCUT2D eigenvalue weighted by atomic mass is 14.5. The van der Waals surface area contributed by atoms with E-state index in [2.05, 4.69) is 31.7 Å². The molecule has 1 aliphatic carbocycles. The third kappa shape index (κ3) is 2.12. The van der Waals surface area contributed by atoms with Gasteiger partial charge in [-0.1, -0.05) is 24.3 Å². The molecular formula is C14H17N. The second kappa shape index (κ2) is 3.93. The molecule has 0 unspecified atom stereocenters. The zero-order chi connectivity index (χ0) is 10.8. The number of nitrogen functional groups attached to an aromatic ring is 1. The highest BCUT2D eigenvalue weighted by Gasteiger charge is 2.15. The highest BCUT2D eigenvalue weighted by molar-refractivity contribution is 5.74. The summed E-state index contributed by atoms with van der Waals surface area (Å²) < 4.78 is 0. The summed E-state index contributed by atoms with van der Waals surface area (Å²) in [6.45, 7) is 5.99. The lowest BCUT2D eigenvalue weighted by Crippen LogP contribution is -1.87. The van der Waals surface area contributed by atoms with Crippen LogP contribution in [0.3, 0.4) is 0 Å². The Bertz CT molecular complexity index is 427. The Kier molecular flexibility index (Phi) is 2.63. The van der Waals surface area contributed by atoms with Gasteiger partial charge < -0.3 is 5.73 Å². The van der Waals surface area contributed by atoms with E-state index in [1.54, 1.807) is 0 Å². The molecule has 0 heterocycles. The fraction of sp³-hybridized carbons (Fsp3) is 0.286. The summed E-state index contributed by atoms with van der Waals surface area (Å²) in [7, 11) is 0. The van der Waals surface area contributed by atoms with Crippen molar-refractivity contribution in [3.05, 3.63) is 47.6 Å². The van der Waals surface area contributed by atoms with Crippen LogP contribution in [0.1, 0.15) is 30.9 Å². The number of anilines is 1. The maximum Gasteiger partial charge on any atom is 0.0317 e. The number of benzene rings is 1. The van der Waals surface area contributed by atoms with Gasteiger partial charge in [-0.2, -0.15) is 0 Å². The van der Waals surface area contributed by atoms with Crippen LogP contribution in [0, 0.1) is 0 Å². The number of rotatable bonds is 2. The smallest absolute Gasteiger partial charge is 0.0317 e. The average molecular weight is 199 g/mol. The lowest BCUT2D eigenvalue weighted by molar-refractivity contribution is 1.07. The van der Waals surface area contributed by atoms with E-state index >= 15 is 0 Å². The van der Waals surface area contributed by atoms with Crippen LogP contribution in [0.4, 0.5) is 5.69 Å². The van der Waals surface area contributed by atoms with Gasteiger partial charge in [0.1, 0.15) is 0 Å². The summed E-state index contributed by atoms with van der Waals surface area (Å²) in [6.07, 6.45) is 5.55. The lowest BCUT2D eigenvalue weighted by atomic mass is 10.0. The summed E-state index contributed by atoms with van der Waals surface area (Å²) in [5, 5.41) is 0. The first-order chi connectivity index (χ1) is 7.16. The van der Waals surface area contributed by atoms with Crippen molar-refractivity contribution in [1.82, 2.24) is 0 Å². The molecule has 0 fully saturated rings. The molecule has 0 atom stereocenters. The molecule has 2 rings (SSSR count). The normalized spacial score (nSPS) is 16.7. The Morgan fingerprint density at radius 3 is 3.00 bits per heavy atom. The summed E-state index contributed by atoms with van der Waals surface area (Å²) >= 11 is 0. The van der Waals surface area contributed by atoms with E-state index in [0.29, 0.717) is 0 Å². The third-order valence-corrected chi connectivity index (χ3v) is 2.84. The van der Waals surface area contributed by atoms with Gasteiger partial charge in [0.05, 0.1) is 0 Å². The summed E-state index contributed by atoms with van der Waals surface area (Å²) in [5.41, 5.74) is 12.1. The molecule has 1 aromatic carbocycles. The van der Waals surface area contributed by atoms with E-state index in [-0.39, 0.29) is 0 Å². The van der Waals surface area contributed by atoms with Gasteiger partial charge in [0.25, 0.3) is 0 Å². The molecule has 1 heteroatoms. The van der Waals surface area contributed by atoms with Gasteiger partial charge in [0.2, 0.25) is 0 Å². The first-order valence-corrected chi connectivity index (χ1v) is 5.39. The van der Waals surface area contributed by atoms with E-state index in [4.69, 9.17) is 5.73 Å². The molecule has 15 heavy (non-hydrogen) atoms. The molecule has 0 aliphatic heterocycles. The van der Waals surface area contributed by atoms with Crippen molar-refractivity contribution in [3.63, 3.8) is 0 Å². The van der Waals surface area contributed by atoms with Gasteiger partial charge in [-0.3, -0.25) is 0 Å². The molecule has 78 valence electrons. The first-order valence-electron chi connectivity index (χ1n) is 5.39. The second-order valence-corrected chi connectivity index (χ2v) is 4.31. The molecule has 0 aromatic heterocycles. The van der Waals surface area contributed by atoms with Crippen LogP contribution < -0.4 is 5.73 Å². The first kappa shape index (κ1) is 10.0. The van der Waals surface area contributed by atoms with E-state index < -0.39 is 0 Å². The number of allylic oxidation sites excluding steroid dienone is 3. The molecule has 0 spiro atoms. The monoisotopic (exact) mass is 199 g/mol. The number of nitrogens with two attached hydrogens (primary N) is 1. The predicted octanol–water partition coefficient (Wildman–Crippen LogP) is 3.56. The van der Waals surface area contributed by atoms with Gasteiger partial charge in [-0.05, 0) is 55.0 Å². The molecule has 1 nitrogen and oxygen atoms in total. The Labute approximate surface area is 91.3 Å². The maximum absolute atomic E-state index is 5.76. The molecule has 0 amide bonds. The lowest BCUT2D eigenvalue weighted by Gasteiger charge is -2.02. The summed E-state index contributed by atoms with van der Waals surface area (Å²) in [6, 6.07) is 6.22. The number of fused-ring (bicyclic) bond motifs is 1. The van der Waals surface area contributed by atoms with Crippen LogP contribution in [-0.4, -0.2) is 0 Å². The number of hydrogen-bond acceptors (Lipinski definition) is 1. The molecular weight excluding hydrogens is 182 g/mol. The van der Waals surface area contributed by atoms with Gasteiger partial charge in [-0.15, -0.1) is 0 Å².